The molecule has 1 atom stereocenters. The Morgan fingerprint density at radius 3 is 3.00 bits per heavy atom. The molecule has 2 nitrogen and oxygen atoms in total. The maximum Gasteiger partial charge on any atom is 0.116 e. The molecule has 17 heavy (non-hydrogen) atoms. The van der Waals surface area contributed by atoms with Crippen molar-refractivity contribution in [1.29, 1.82) is 0 Å². The molecule has 90 valence electrons. The van der Waals surface area contributed by atoms with Gasteiger partial charge in [-0.1, -0.05) is 24.6 Å². The van der Waals surface area contributed by atoms with Gasteiger partial charge in [-0.05, 0) is 49.1 Å². The SMILES string of the molecule is Oc1cccc(C2=CCCN3CCCC[C@H]23)c1. The van der Waals surface area contributed by atoms with Gasteiger partial charge in [-0.25, -0.2) is 0 Å². The fourth-order valence-electron chi connectivity index (χ4n) is 3.13. The van der Waals surface area contributed by atoms with Gasteiger partial charge in [-0.3, -0.25) is 4.90 Å². The lowest BCUT2D eigenvalue weighted by molar-refractivity contribution is 0.182. The Balaban J connectivity index is 1.93. The van der Waals surface area contributed by atoms with Crippen molar-refractivity contribution in [1.82, 2.24) is 4.90 Å². The molecule has 0 amide bonds. The van der Waals surface area contributed by atoms with Crippen LogP contribution >= 0.6 is 0 Å². The number of rotatable bonds is 1. The summed E-state index contributed by atoms with van der Waals surface area (Å²) >= 11 is 0. The fourth-order valence-corrected chi connectivity index (χ4v) is 3.13. The van der Waals surface area contributed by atoms with E-state index in [9.17, 15) is 5.11 Å². The second kappa shape index (κ2) is 4.53. The maximum atomic E-state index is 9.60. The average Bonchev–Trinajstić information content (AvgIpc) is 2.38. The number of hydrogen-bond donors (Lipinski definition) is 1. The quantitative estimate of drug-likeness (QED) is 0.800. The van der Waals surface area contributed by atoms with Gasteiger partial charge in [0.15, 0.2) is 0 Å². The Morgan fingerprint density at radius 2 is 2.12 bits per heavy atom. The zero-order valence-electron chi connectivity index (χ0n) is 10.1. The topological polar surface area (TPSA) is 23.5 Å². The van der Waals surface area contributed by atoms with Crippen molar-refractivity contribution < 1.29 is 5.11 Å². The van der Waals surface area contributed by atoms with Crippen LogP contribution in [0.5, 0.6) is 5.75 Å². The van der Waals surface area contributed by atoms with Crippen molar-refractivity contribution in [3.05, 3.63) is 35.9 Å². The molecule has 3 rings (SSSR count). The highest BCUT2D eigenvalue weighted by Crippen LogP contribution is 2.33. The second-order valence-corrected chi connectivity index (χ2v) is 5.05. The first-order valence-electron chi connectivity index (χ1n) is 6.58. The smallest absolute Gasteiger partial charge is 0.116 e. The Morgan fingerprint density at radius 1 is 1.18 bits per heavy atom. The van der Waals surface area contributed by atoms with Crippen molar-refractivity contribution in [2.45, 2.75) is 31.7 Å². The predicted molar refractivity (Wildman–Crippen MR) is 69.9 cm³/mol. The predicted octanol–water partition coefficient (Wildman–Crippen LogP) is 3.03. The molecule has 2 aliphatic heterocycles. The normalized spacial score (nSPS) is 25.2. The van der Waals surface area contributed by atoms with Crippen molar-refractivity contribution in [3.63, 3.8) is 0 Å². The Labute approximate surface area is 103 Å². The number of hydrogen-bond acceptors (Lipinski definition) is 2. The number of benzene rings is 1. The molecule has 1 fully saturated rings. The summed E-state index contributed by atoms with van der Waals surface area (Å²) in [5.41, 5.74) is 2.62. The van der Waals surface area contributed by atoms with Crippen LogP contribution in [0.1, 0.15) is 31.2 Å². The number of nitrogens with zero attached hydrogens (tertiary/aromatic N) is 1. The summed E-state index contributed by atoms with van der Waals surface area (Å²) in [6.07, 6.45) is 7.44. The first-order valence-corrected chi connectivity index (χ1v) is 6.58. The van der Waals surface area contributed by atoms with Crippen LogP contribution in [0.3, 0.4) is 0 Å². The molecular formula is C15H19NO. The third-order valence-electron chi connectivity index (χ3n) is 3.93. The third kappa shape index (κ3) is 2.09. The van der Waals surface area contributed by atoms with E-state index in [1.165, 1.54) is 43.5 Å². The summed E-state index contributed by atoms with van der Waals surface area (Å²) in [5, 5.41) is 9.60. The summed E-state index contributed by atoms with van der Waals surface area (Å²) in [6, 6.07) is 8.27. The first-order chi connectivity index (χ1) is 8.34. The standard InChI is InChI=1S/C15H19NO/c17-13-6-3-5-12(11-13)14-7-4-10-16-9-2-1-8-15(14)16/h3,5-7,11,15,17H,1-2,4,8-10H2/t15-/m1/s1. The van der Waals surface area contributed by atoms with Gasteiger partial charge in [0.1, 0.15) is 5.75 Å². The Hall–Kier alpha value is -1.28. The van der Waals surface area contributed by atoms with E-state index in [1.54, 1.807) is 6.07 Å². The van der Waals surface area contributed by atoms with Crippen LogP contribution in [0.2, 0.25) is 0 Å². The minimum absolute atomic E-state index is 0.372. The monoisotopic (exact) mass is 229 g/mol. The molecular weight excluding hydrogens is 210 g/mol. The number of fused-ring (bicyclic) bond motifs is 1. The van der Waals surface area contributed by atoms with Crippen LogP contribution in [0.15, 0.2) is 30.3 Å². The molecule has 0 unspecified atom stereocenters. The van der Waals surface area contributed by atoms with E-state index >= 15 is 0 Å². The largest absolute Gasteiger partial charge is 0.508 e. The molecule has 1 saturated heterocycles. The van der Waals surface area contributed by atoms with Gasteiger partial charge >= 0.3 is 0 Å². The van der Waals surface area contributed by atoms with E-state index in [0.29, 0.717) is 11.8 Å². The third-order valence-corrected chi connectivity index (χ3v) is 3.93. The first kappa shape index (κ1) is 10.8. The van der Waals surface area contributed by atoms with Crippen molar-refractivity contribution >= 4 is 5.57 Å². The zero-order chi connectivity index (χ0) is 11.7. The van der Waals surface area contributed by atoms with E-state index < -0.39 is 0 Å². The molecule has 0 radical (unpaired) electrons. The number of piperidine rings is 1. The lowest BCUT2D eigenvalue weighted by Gasteiger charge is -2.40. The fraction of sp³-hybridized carbons (Fsp3) is 0.467. The molecule has 0 aromatic heterocycles. The summed E-state index contributed by atoms with van der Waals surface area (Å²) < 4.78 is 0. The molecule has 0 saturated carbocycles. The molecule has 0 aliphatic carbocycles. The van der Waals surface area contributed by atoms with Crippen LogP contribution in [0.4, 0.5) is 0 Å². The van der Waals surface area contributed by atoms with Crippen LogP contribution in [-0.2, 0) is 0 Å². The number of phenols is 1. The Bertz CT molecular complexity index is 438. The van der Waals surface area contributed by atoms with Crippen molar-refractivity contribution in [2.24, 2.45) is 0 Å². The average molecular weight is 229 g/mol. The van der Waals surface area contributed by atoms with Crippen LogP contribution in [0.25, 0.3) is 5.57 Å². The highest BCUT2D eigenvalue weighted by atomic mass is 16.3. The molecule has 2 heteroatoms. The summed E-state index contributed by atoms with van der Waals surface area (Å²) in [6.45, 7) is 2.44. The molecule has 1 aromatic carbocycles. The van der Waals surface area contributed by atoms with E-state index in [2.05, 4.69) is 17.0 Å². The molecule has 2 heterocycles. The van der Waals surface area contributed by atoms with Gasteiger partial charge in [-0.15, -0.1) is 0 Å². The molecule has 2 aliphatic rings. The van der Waals surface area contributed by atoms with E-state index in [0.717, 1.165) is 6.42 Å². The minimum Gasteiger partial charge on any atom is -0.508 e. The van der Waals surface area contributed by atoms with Gasteiger partial charge in [0.05, 0.1) is 0 Å². The van der Waals surface area contributed by atoms with Crippen molar-refractivity contribution in [2.75, 3.05) is 13.1 Å². The summed E-state index contributed by atoms with van der Waals surface area (Å²) in [7, 11) is 0. The number of aromatic hydroxyl groups is 1. The summed E-state index contributed by atoms with van der Waals surface area (Å²) in [4.78, 5) is 2.60. The van der Waals surface area contributed by atoms with Gasteiger partial charge < -0.3 is 5.11 Å². The van der Waals surface area contributed by atoms with E-state index in [-0.39, 0.29) is 0 Å². The highest BCUT2D eigenvalue weighted by molar-refractivity contribution is 5.71. The van der Waals surface area contributed by atoms with Gasteiger partial charge in [-0.2, -0.15) is 0 Å². The van der Waals surface area contributed by atoms with Crippen LogP contribution in [-0.4, -0.2) is 29.1 Å². The van der Waals surface area contributed by atoms with Crippen molar-refractivity contribution in [3.8, 4) is 5.75 Å². The van der Waals surface area contributed by atoms with E-state index in [1.807, 2.05) is 12.1 Å². The number of phenolic OH excluding ortho intramolecular Hbond substituents is 1. The second-order valence-electron chi connectivity index (χ2n) is 5.05. The molecule has 0 spiro atoms. The molecule has 1 aromatic rings. The lowest BCUT2D eigenvalue weighted by atomic mass is 9.87. The van der Waals surface area contributed by atoms with Gasteiger partial charge in [0, 0.05) is 12.6 Å². The lowest BCUT2D eigenvalue weighted by Crippen LogP contribution is -2.42. The van der Waals surface area contributed by atoms with Gasteiger partial charge in [0.25, 0.3) is 0 Å². The highest BCUT2D eigenvalue weighted by Gasteiger charge is 2.28. The minimum atomic E-state index is 0.372. The van der Waals surface area contributed by atoms with E-state index in [4.69, 9.17) is 0 Å². The van der Waals surface area contributed by atoms with Crippen LogP contribution in [0, 0.1) is 0 Å². The maximum absolute atomic E-state index is 9.60. The summed E-state index contributed by atoms with van der Waals surface area (Å²) in [5.74, 6) is 0.372. The molecule has 0 bridgehead atoms. The van der Waals surface area contributed by atoms with Crippen LogP contribution < -0.4 is 0 Å². The van der Waals surface area contributed by atoms with Gasteiger partial charge in [0.2, 0.25) is 0 Å². The molecule has 1 N–H and O–H groups in total. The zero-order valence-corrected chi connectivity index (χ0v) is 10.1. The Kier molecular flexibility index (Phi) is 2.89.